The summed E-state index contributed by atoms with van der Waals surface area (Å²) in [5.41, 5.74) is 3.53. The molecule has 0 bridgehead atoms. The van der Waals surface area contributed by atoms with Gasteiger partial charge in [0.2, 0.25) is 11.8 Å². The third-order valence-corrected chi connectivity index (χ3v) is 5.31. The number of aromatic nitrogens is 2. The Hall–Kier alpha value is -3.15. The van der Waals surface area contributed by atoms with E-state index in [-0.39, 0.29) is 11.8 Å². The molecule has 1 aromatic heterocycles. The van der Waals surface area contributed by atoms with Crippen molar-refractivity contribution in [2.24, 2.45) is 0 Å². The van der Waals surface area contributed by atoms with Crippen LogP contribution in [0.15, 0.2) is 53.1 Å². The van der Waals surface area contributed by atoms with Crippen LogP contribution in [0.4, 0.5) is 0 Å². The molecule has 0 saturated carbocycles. The van der Waals surface area contributed by atoms with E-state index in [1.54, 1.807) is 7.11 Å². The fraction of sp³-hybridized carbons (Fsp3) is 0.348. The van der Waals surface area contributed by atoms with E-state index < -0.39 is 0 Å². The second kappa shape index (κ2) is 8.47. The largest absolute Gasteiger partial charge is 0.497 e. The molecule has 0 spiro atoms. The Morgan fingerprint density at radius 1 is 1.14 bits per heavy atom. The average Bonchev–Trinajstić information content (AvgIpc) is 3.34. The number of carbonyl (C=O) groups excluding carboxylic acids is 1. The van der Waals surface area contributed by atoms with Gasteiger partial charge in [-0.3, -0.25) is 4.79 Å². The van der Waals surface area contributed by atoms with Crippen molar-refractivity contribution in [2.45, 2.75) is 38.6 Å². The first kappa shape index (κ1) is 19.2. The molecule has 2 heterocycles. The summed E-state index contributed by atoms with van der Waals surface area (Å²) < 4.78 is 10.6. The molecular formula is C23H25N3O3. The number of aryl methyl sites for hydroxylation is 3. The molecule has 6 nitrogen and oxygen atoms in total. The van der Waals surface area contributed by atoms with E-state index in [2.05, 4.69) is 35.3 Å². The molecule has 4 rings (SSSR count). The second-order valence-corrected chi connectivity index (χ2v) is 7.56. The predicted molar refractivity (Wildman–Crippen MR) is 109 cm³/mol. The summed E-state index contributed by atoms with van der Waals surface area (Å²) >= 11 is 0. The van der Waals surface area contributed by atoms with Crippen LogP contribution < -0.4 is 4.74 Å². The highest BCUT2D eigenvalue weighted by Gasteiger charge is 2.33. The molecule has 150 valence electrons. The first-order valence-corrected chi connectivity index (χ1v) is 9.89. The number of rotatable bonds is 7. The molecular weight excluding hydrogens is 366 g/mol. The lowest BCUT2D eigenvalue weighted by atomic mass is 10.1. The van der Waals surface area contributed by atoms with Gasteiger partial charge in [0.15, 0.2) is 5.82 Å². The third-order valence-electron chi connectivity index (χ3n) is 5.31. The first-order chi connectivity index (χ1) is 14.1. The van der Waals surface area contributed by atoms with Crippen molar-refractivity contribution in [3.63, 3.8) is 0 Å². The first-order valence-electron chi connectivity index (χ1n) is 9.89. The van der Waals surface area contributed by atoms with Gasteiger partial charge in [-0.05, 0) is 36.6 Å². The number of hydrogen-bond acceptors (Lipinski definition) is 5. The number of methoxy groups -OCH3 is 1. The standard InChI is InChI=1S/C23H25N3O3/c1-16-4-3-5-18(12-16)14-26-15-19(13-22(26)27)23-24-21(29-25-23)11-8-17-6-9-20(28-2)10-7-17/h3-7,9-10,12,19H,8,11,13-15H2,1-2H3. The normalized spacial score (nSPS) is 16.4. The number of nitrogens with zero attached hydrogens (tertiary/aromatic N) is 3. The molecule has 3 aromatic rings. The van der Waals surface area contributed by atoms with Crippen LogP contribution in [-0.4, -0.2) is 34.6 Å². The highest BCUT2D eigenvalue weighted by Crippen LogP contribution is 2.27. The van der Waals surface area contributed by atoms with Crippen molar-refractivity contribution in [1.29, 1.82) is 0 Å². The van der Waals surface area contributed by atoms with Crippen molar-refractivity contribution in [2.75, 3.05) is 13.7 Å². The van der Waals surface area contributed by atoms with Gasteiger partial charge in [-0.25, -0.2) is 0 Å². The van der Waals surface area contributed by atoms with E-state index in [0.717, 1.165) is 17.7 Å². The van der Waals surface area contributed by atoms with Crippen molar-refractivity contribution in [3.05, 3.63) is 76.9 Å². The zero-order chi connectivity index (χ0) is 20.2. The maximum Gasteiger partial charge on any atom is 0.226 e. The highest BCUT2D eigenvalue weighted by molar-refractivity contribution is 5.79. The van der Waals surface area contributed by atoms with Crippen LogP contribution >= 0.6 is 0 Å². The van der Waals surface area contributed by atoms with E-state index in [9.17, 15) is 4.79 Å². The quantitative estimate of drug-likeness (QED) is 0.614. The highest BCUT2D eigenvalue weighted by atomic mass is 16.5. The summed E-state index contributed by atoms with van der Waals surface area (Å²) in [7, 11) is 1.66. The molecule has 1 saturated heterocycles. The van der Waals surface area contributed by atoms with Gasteiger partial charge in [-0.1, -0.05) is 47.1 Å². The third kappa shape index (κ3) is 4.65. The Bertz CT molecular complexity index is 981. The molecule has 1 unspecified atom stereocenters. The summed E-state index contributed by atoms with van der Waals surface area (Å²) in [5.74, 6) is 2.22. The summed E-state index contributed by atoms with van der Waals surface area (Å²) in [6, 6.07) is 16.2. The molecule has 0 N–H and O–H groups in total. The fourth-order valence-electron chi connectivity index (χ4n) is 3.71. The Kier molecular flexibility index (Phi) is 5.60. The van der Waals surface area contributed by atoms with E-state index in [1.807, 2.05) is 35.2 Å². The van der Waals surface area contributed by atoms with Crippen LogP contribution in [0.3, 0.4) is 0 Å². The number of carbonyl (C=O) groups is 1. The van der Waals surface area contributed by atoms with Crippen molar-refractivity contribution in [1.82, 2.24) is 15.0 Å². The fourth-order valence-corrected chi connectivity index (χ4v) is 3.71. The predicted octanol–water partition coefficient (Wildman–Crippen LogP) is 3.69. The van der Waals surface area contributed by atoms with Crippen molar-refractivity contribution >= 4 is 5.91 Å². The minimum Gasteiger partial charge on any atom is -0.497 e. The molecule has 1 aliphatic heterocycles. The number of hydrogen-bond donors (Lipinski definition) is 0. The maximum absolute atomic E-state index is 12.4. The molecule has 1 fully saturated rings. The van der Waals surface area contributed by atoms with Crippen LogP contribution in [0, 0.1) is 6.92 Å². The summed E-state index contributed by atoms with van der Waals surface area (Å²) in [6.07, 6.45) is 1.92. The van der Waals surface area contributed by atoms with Gasteiger partial charge in [-0.2, -0.15) is 4.98 Å². The Balaban J connectivity index is 1.34. The monoisotopic (exact) mass is 391 g/mol. The van der Waals surface area contributed by atoms with E-state index in [1.165, 1.54) is 11.1 Å². The second-order valence-electron chi connectivity index (χ2n) is 7.56. The molecule has 1 amide bonds. The lowest BCUT2D eigenvalue weighted by Gasteiger charge is -2.16. The topological polar surface area (TPSA) is 68.5 Å². The van der Waals surface area contributed by atoms with Gasteiger partial charge in [-0.15, -0.1) is 0 Å². The van der Waals surface area contributed by atoms with Crippen molar-refractivity contribution < 1.29 is 14.1 Å². The van der Waals surface area contributed by atoms with Crippen LogP contribution in [-0.2, 0) is 24.2 Å². The van der Waals surface area contributed by atoms with Crippen LogP contribution in [0.25, 0.3) is 0 Å². The molecule has 1 aliphatic rings. The van der Waals surface area contributed by atoms with E-state index >= 15 is 0 Å². The summed E-state index contributed by atoms with van der Waals surface area (Å²) in [5, 5.41) is 4.14. The molecule has 6 heteroatoms. The minimum atomic E-state index is -0.00852. The zero-order valence-corrected chi connectivity index (χ0v) is 16.8. The average molecular weight is 391 g/mol. The number of ether oxygens (including phenoxy) is 1. The van der Waals surface area contributed by atoms with Gasteiger partial charge in [0, 0.05) is 31.8 Å². The van der Waals surface area contributed by atoms with Crippen LogP contribution in [0.5, 0.6) is 5.75 Å². The molecule has 0 radical (unpaired) electrons. The number of benzene rings is 2. The Morgan fingerprint density at radius 3 is 2.72 bits per heavy atom. The Labute approximate surface area is 170 Å². The summed E-state index contributed by atoms with van der Waals surface area (Å²) in [4.78, 5) is 18.9. The number of amides is 1. The SMILES string of the molecule is COc1ccc(CCc2nc(C3CC(=O)N(Cc4cccc(C)c4)C3)no2)cc1. The van der Waals surface area contributed by atoms with Crippen LogP contribution in [0.1, 0.15) is 40.7 Å². The number of likely N-dealkylation sites (tertiary alicyclic amines) is 1. The van der Waals surface area contributed by atoms with Gasteiger partial charge < -0.3 is 14.2 Å². The molecule has 0 aliphatic carbocycles. The lowest BCUT2D eigenvalue weighted by Crippen LogP contribution is -2.24. The van der Waals surface area contributed by atoms with Crippen LogP contribution in [0.2, 0.25) is 0 Å². The molecule has 2 aromatic carbocycles. The maximum atomic E-state index is 12.4. The van der Waals surface area contributed by atoms with Crippen molar-refractivity contribution in [3.8, 4) is 5.75 Å². The lowest BCUT2D eigenvalue weighted by molar-refractivity contribution is -0.128. The zero-order valence-electron chi connectivity index (χ0n) is 16.8. The molecule has 29 heavy (non-hydrogen) atoms. The van der Waals surface area contributed by atoms with Gasteiger partial charge >= 0.3 is 0 Å². The smallest absolute Gasteiger partial charge is 0.226 e. The molecule has 1 atom stereocenters. The van der Waals surface area contributed by atoms with E-state index in [4.69, 9.17) is 9.26 Å². The van der Waals surface area contributed by atoms with E-state index in [0.29, 0.717) is 37.6 Å². The summed E-state index contributed by atoms with van der Waals surface area (Å²) in [6.45, 7) is 3.31. The van der Waals surface area contributed by atoms with Gasteiger partial charge in [0.1, 0.15) is 5.75 Å². The van der Waals surface area contributed by atoms with Gasteiger partial charge in [0.05, 0.1) is 7.11 Å². The Morgan fingerprint density at radius 2 is 1.97 bits per heavy atom. The minimum absolute atomic E-state index is 0.00852. The van der Waals surface area contributed by atoms with Gasteiger partial charge in [0.25, 0.3) is 0 Å².